The number of aromatic nitrogens is 5. The molecule has 4 aromatic rings. The predicted octanol–water partition coefficient (Wildman–Crippen LogP) is 2.57. The molecule has 0 spiro atoms. The predicted molar refractivity (Wildman–Crippen MR) is 114 cm³/mol. The lowest BCUT2D eigenvalue weighted by Gasteiger charge is -2.10. The molecule has 10 nitrogen and oxygen atoms in total. The Hall–Kier alpha value is -4.06. The molecular weight excluding hydrogens is 439 g/mol. The van der Waals surface area contributed by atoms with Crippen molar-refractivity contribution in [3.8, 4) is 5.69 Å². The molecule has 0 amide bonds. The minimum Gasteiger partial charge on any atom is -0.311 e. The zero-order valence-electron chi connectivity index (χ0n) is 16.3. The molecule has 0 saturated carbocycles. The third-order valence-electron chi connectivity index (χ3n) is 4.47. The highest BCUT2D eigenvalue weighted by Crippen LogP contribution is 2.27. The smallest absolute Gasteiger partial charge is 0.311 e. The molecule has 0 aliphatic carbocycles. The van der Waals surface area contributed by atoms with Crippen LogP contribution in [0.3, 0.4) is 0 Å². The first-order chi connectivity index (χ1) is 15.4. The summed E-state index contributed by atoms with van der Waals surface area (Å²) in [5.41, 5.74) is 0.626. The fraction of sp³-hybridized carbons (Fsp3) is 0.100. The van der Waals surface area contributed by atoms with Gasteiger partial charge in [-0.1, -0.05) is 23.9 Å². The van der Waals surface area contributed by atoms with Crippen molar-refractivity contribution in [2.45, 2.75) is 17.3 Å². The van der Waals surface area contributed by atoms with E-state index in [0.717, 1.165) is 5.56 Å². The maximum Gasteiger partial charge on any atom is 0.325 e. The first-order valence-corrected chi connectivity index (χ1v) is 10.3. The second-order valence-electron chi connectivity index (χ2n) is 6.71. The molecule has 2 heterocycles. The molecule has 2 aromatic heterocycles. The largest absolute Gasteiger partial charge is 0.325 e. The van der Waals surface area contributed by atoms with E-state index in [4.69, 9.17) is 0 Å². The fourth-order valence-corrected chi connectivity index (χ4v) is 3.93. The molecule has 0 unspecified atom stereocenters. The molecule has 0 saturated heterocycles. The van der Waals surface area contributed by atoms with Crippen molar-refractivity contribution < 1.29 is 9.31 Å². The number of H-pyrrole nitrogens is 2. The summed E-state index contributed by atoms with van der Waals surface area (Å²) < 4.78 is 15.2. The van der Waals surface area contributed by atoms with E-state index in [9.17, 15) is 24.1 Å². The van der Waals surface area contributed by atoms with Crippen LogP contribution in [0.5, 0.6) is 0 Å². The SMILES string of the molecule is O=c1cc(Cc2nnc(SCc3ccc([N+](=O)[O-])cc3)n2-c2ccc(F)cc2)[nH]c(=O)[nH]1. The van der Waals surface area contributed by atoms with Crippen LogP contribution in [0.4, 0.5) is 10.1 Å². The minimum absolute atomic E-state index is 0.00218. The summed E-state index contributed by atoms with van der Waals surface area (Å²) in [5.74, 6) is 0.491. The van der Waals surface area contributed by atoms with Crippen LogP contribution < -0.4 is 11.2 Å². The Morgan fingerprint density at radius 3 is 2.41 bits per heavy atom. The van der Waals surface area contributed by atoms with Gasteiger partial charge < -0.3 is 4.98 Å². The van der Waals surface area contributed by atoms with Crippen LogP contribution in [0, 0.1) is 15.9 Å². The summed E-state index contributed by atoms with van der Waals surface area (Å²) in [6.45, 7) is 0. The Balaban J connectivity index is 1.65. The lowest BCUT2D eigenvalue weighted by Crippen LogP contribution is -2.23. The quantitative estimate of drug-likeness (QED) is 0.248. The number of aromatic amines is 2. The van der Waals surface area contributed by atoms with Crippen molar-refractivity contribution in [2.75, 3.05) is 0 Å². The number of hydrogen-bond donors (Lipinski definition) is 2. The Morgan fingerprint density at radius 1 is 1.03 bits per heavy atom. The second-order valence-corrected chi connectivity index (χ2v) is 7.66. The Labute approximate surface area is 183 Å². The van der Waals surface area contributed by atoms with Crippen LogP contribution in [-0.2, 0) is 12.2 Å². The van der Waals surface area contributed by atoms with Crippen molar-refractivity contribution in [3.05, 3.63) is 108 Å². The van der Waals surface area contributed by atoms with Crippen LogP contribution in [0.15, 0.2) is 69.3 Å². The van der Waals surface area contributed by atoms with Crippen molar-refractivity contribution in [2.24, 2.45) is 0 Å². The molecule has 162 valence electrons. The van der Waals surface area contributed by atoms with Crippen LogP contribution in [0.25, 0.3) is 5.69 Å². The van der Waals surface area contributed by atoms with Gasteiger partial charge >= 0.3 is 5.69 Å². The highest BCUT2D eigenvalue weighted by atomic mass is 32.2. The van der Waals surface area contributed by atoms with Crippen molar-refractivity contribution in [1.29, 1.82) is 0 Å². The van der Waals surface area contributed by atoms with Gasteiger partial charge in [-0.05, 0) is 29.8 Å². The fourth-order valence-electron chi connectivity index (χ4n) is 3.00. The van der Waals surface area contributed by atoms with Crippen molar-refractivity contribution >= 4 is 17.4 Å². The van der Waals surface area contributed by atoms with Crippen LogP contribution in [-0.4, -0.2) is 29.7 Å². The summed E-state index contributed by atoms with van der Waals surface area (Å²) >= 11 is 1.34. The maximum absolute atomic E-state index is 13.5. The first-order valence-electron chi connectivity index (χ1n) is 9.28. The molecule has 0 bridgehead atoms. The molecular formula is C20H15FN6O4S. The number of thioether (sulfide) groups is 1. The van der Waals surface area contributed by atoms with Gasteiger partial charge in [0.2, 0.25) is 0 Å². The number of rotatable bonds is 7. The summed E-state index contributed by atoms with van der Waals surface area (Å²) in [5, 5.41) is 19.7. The van der Waals surface area contributed by atoms with E-state index in [1.165, 1.54) is 42.1 Å². The normalized spacial score (nSPS) is 10.9. The average molecular weight is 454 g/mol. The molecule has 4 rings (SSSR count). The van der Waals surface area contributed by atoms with Crippen LogP contribution in [0.1, 0.15) is 17.1 Å². The monoisotopic (exact) mass is 454 g/mol. The highest BCUT2D eigenvalue weighted by Gasteiger charge is 2.16. The minimum atomic E-state index is -0.631. The van der Waals surface area contributed by atoms with Gasteiger partial charge in [0, 0.05) is 41.8 Å². The number of nitro groups is 1. The van der Waals surface area contributed by atoms with E-state index >= 15 is 0 Å². The lowest BCUT2D eigenvalue weighted by molar-refractivity contribution is -0.384. The molecule has 32 heavy (non-hydrogen) atoms. The molecule has 0 fully saturated rings. The van der Waals surface area contributed by atoms with Crippen molar-refractivity contribution in [3.63, 3.8) is 0 Å². The van der Waals surface area contributed by atoms with E-state index in [1.54, 1.807) is 28.8 Å². The Bertz CT molecular complexity index is 1350. The molecule has 0 atom stereocenters. The van der Waals surface area contributed by atoms with Gasteiger partial charge in [-0.25, -0.2) is 9.18 Å². The van der Waals surface area contributed by atoms with Gasteiger partial charge in [0.05, 0.1) is 4.92 Å². The zero-order chi connectivity index (χ0) is 22.7. The molecule has 0 aliphatic heterocycles. The van der Waals surface area contributed by atoms with Gasteiger partial charge in [-0.15, -0.1) is 10.2 Å². The first kappa shape index (κ1) is 21.2. The number of non-ortho nitro benzene ring substituents is 1. The van der Waals surface area contributed by atoms with E-state index in [2.05, 4.69) is 20.2 Å². The molecule has 0 radical (unpaired) electrons. The molecule has 2 N–H and O–H groups in total. The summed E-state index contributed by atoms with van der Waals surface area (Å²) in [7, 11) is 0. The number of nitro benzene ring substituents is 1. The summed E-state index contributed by atoms with van der Waals surface area (Å²) in [4.78, 5) is 38.2. The molecule has 0 aliphatic rings. The van der Waals surface area contributed by atoms with Gasteiger partial charge in [0.1, 0.15) is 11.6 Å². The molecule has 12 heteroatoms. The van der Waals surface area contributed by atoms with Gasteiger partial charge in [0.15, 0.2) is 5.16 Å². The zero-order valence-corrected chi connectivity index (χ0v) is 17.1. The number of nitrogens with one attached hydrogen (secondary N) is 2. The van der Waals surface area contributed by atoms with E-state index in [-0.39, 0.29) is 12.1 Å². The Kier molecular flexibility index (Phi) is 5.94. The Morgan fingerprint density at radius 2 is 1.75 bits per heavy atom. The topological polar surface area (TPSA) is 140 Å². The van der Waals surface area contributed by atoms with Gasteiger partial charge in [0.25, 0.3) is 11.2 Å². The highest BCUT2D eigenvalue weighted by molar-refractivity contribution is 7.98. The summed E-state index contributed by atoms with van der Waals surface area (Å²) in [6.07, 6.45) is 0.113. The summed E-state index contributed by atoms with van der Waals surface area (Å²) in [6, 6.07) is 13.2. The third-order valence-corrected chi connectivity index (χ3v) is 5.47. The number of halogens is 1. The third kappa shape index (κ3) is 4.81. The van der Waals surface area contributed by atoms with Crippen LogP contribution in [0.2, 0.25) is 0 Å². The molecule has 2 aromatic carbocycles. The second kappa shape index (κ2) is 8.98. The van der Waals surface area contributed by atoms with E-state index in [0.29, 0.717) is 28.1 Å². The van der Waals surface area contributed by atoms with E-state index < -0.39 is 22.0 Å². The van der Waals surface area contributed by atoms with Crippen LogP contribution >= 0.6 is 11.8 Å². The van der Waals surface area contributed by atoms with Gasteiger partial charge in [-0.3, -0.25) is 24.5 Å². The number of hydrogen-bond acceptors (Lipinski definition) is 7. The van der Waals surface area contributed by atoms with Crippen molar-refractivity contribution in [1.82, 2.24) is 24.7 Å². The standard InChI is InChI=1S/C20H15FN6O4S/c21-13-3-7-15(8-4-13)26-17(9-14-10-18(28)23-19(29)22-14)24-25-20(26)32-11-12-1-5-16(6-2-12)27(30)31/h1-8,10H,9,11H2,(H2,22,23,28,29). The number of benzene rings is 2. The maximum atomic E-state index is 13.5. The lowest BCUT2D eigenvalue weighted by atomic mass is 10.2. The van der Waals surface area contributed by atoms with E-state index in [1.807, 2.05) is 0 Å². The number of nitrogens with zero attached hydrogens (tertiary/aromatic N) is 4. The van der Waals surface area contributed by atoms with Gasteiger partial charge in [-0.2, -0.15) is 0 Å². The average Bonchev–Trinajstić information content (AvgIpc) is 3.14.